The lowest BCUT2D eigenvalue weighted by Crippen LogP contribution is -2.07. The molecule has 0 aliphatic rings. The first-order valence-corrected chi connectivity index (χ1v) is 8.76. The fraction of sp³-hybridized carbons (Fsp3) is 0.182. The second-order valence-electron chi connectivity index (χ2n) is 6.54. The van der Waals surface area contributed by atoms with Gasteiger partial charge in [-0.05, 0) is 37.3 Å². The molecule has 0 fully saturated rings. The third-order valence-electron chi connectivity index (χ3n) is 4.76. The van der Waals surface area contributed by atoms with Gasteiger partial charge in [-0.1, -0.05) is 12.1 Å². The second kappa shape index (κ2) is 7.23. The molecule has 2 aromatic carbocycles. The quantitative estimate of drug-likeness (QED) is 0.497. The molecule has 2 aromatic heterocycles. The predicted octanol–water partition coefficient (Wildman–Crippen LogP) is 3.77. The molecule has 0 spiro atoms. The van der Waals surface area contributed by atoms with Gasteiger partial charge in [0.2, 0.25) is 0 Å². The van der Waals surface area contributed by atoms with Gasteiger partial charge in [0.25, 0.3) is 0 Å². The van der Waals surface area contributed by atoms with Crippen LogP contribution in [0.1, 0.15) is 26.1 Å². The average Bonchev–Trinajstić information content (AvgIpc) is 3.05. The molecule has 28 heavy (non-hydrogen) atoms. The molecular formula is C22H20N4O2. The Morgan fingerprint density at radius 2 is 1.96 bits per heavy atom. The number of carbonyl (C=O) groups excluding carboxylic acids is 1. The van der Waals surface area contributed by atoms with Crippen LogP contribution in [0.15, 0.2) is 54.9 Å². The van der Waals surface area contributed by atoms with Gasteiger partial charge in [0.1, 0.15) is 17.4 Å². The van der Waals surface area contributed by atoms with Crippen molar-refractivity contribution >= 4 is 16.7 Å². The normalized spacial score (nSPS) is 13.0. The minimum absolute atomic E-state index is 0.0322. The molecule has 0 radical (unpaired) electrons. The zero-order chi connectivity index (χ0) is 22.2. The van der Waals surface area contributed by atoms with Gasteiger partial charge in [0.15, 0.2) is 5.78 Å². The van der Waals surface area contributed by atoms with Crippen LogP contribution < -0.4 is 4.74 Å². The topological polar surface area (TPSA) is 69.9 Å². The van der Waals surface area contributed by atoms with Crippen LogP contribution in [0.25, 0.3) is 22.2 Å². The maximum absolute atomic E-state index is 12.6. The first-order valence-electron chi connectivity index (χ1n) is 10.3. The van der Waals surface area contributed by atoms with Crippen molar-refractivity contribution in [3.63, 3.8) is 0 Å². The molecule has 0 N–H and O–H groups in total. The molecule has 2 heterocycles. The number of carbonyl (C=O) groups is 1. The van der Waals surface area contributed by atoms with E-state index in [4.69, 9.17) is 8.85 Å². The van der Waals surface area contributed by atoms with Crippen LogP contribution in [0, 0.1) is 6.92 Å². The lowest BCUT2D eigenvalue weighted by molar-refractivity contribution is 0.0991. The molecule has 0 unspecified atom stereocenters. The lowest BCUT2D eigenvalue weighted by Gasteiger charge is -2.07. The van der Waals surface area contributed by atoms with Crippen LogP contribution in [0.3, 0.4) is 0 Å². The van der Waals surface area contributed by atoms with Gasteiger partial charge in [-0.15, -0.1) is 0 Å². The molecule has 0 aliphatic carbocycles. The van der Waals surface area contributed by atoms with Crippen LogP contribution in [0.5, 0.6) is 5.75 Å². The number of Topliss-reactive ketones (excluding diaryl/α,β-unsaturated/α-hetero) is 1. The molecule has 0 atom stereocenters. The number of hydrogen-bond acceptors (Lipinski definition) is 5. The highest BCUT2D eigenvalue weighted by Crippen LogP contribution is 2.24. The number of rotatable bonds is 5. The number of aromatic nitrogens is 4. The number of methoxy groups -OCH3 is 1. The van der Waals surface area contributed by atoms with Crippen molar-refractivity contribution in [3.05, 3.63) is 72.1 Å². The SMILES string of the molecule is [2H]C([2H])([2H])Oc1ccc(C(=O)Cc2ncc3ccc(-c4cnc(C)n4C)cc3n2)cc1. The Bertz CT molecular complexity index is 1260. The van der Waals surface area contributed by atoms with Crippen LogP contribution in [-0.4, -0.2) is 32.3 Å². The van der Waals surface area contributed by atoms with Gasteiger partial charge in [0, 0.05) is 29.8 Å². The highest BCUT2D eigenvalue weighted by atomic mass is 16.5. The number of aryl methyl sites for hydroxylation is 1. The first kappa shape index (κ1) is 14.5. The Hall–Kier alpha value is -3.54. The minimum atomic E-state index is -2.53. The molecule has 4 aromatic rings. The van der Waals surface area contributed by atoms with E-state index in [1.807, 2.05) is 42.9 Å². The minimum Gasteiger partial charge on any atom is -0.497 e. The summed E-state index contributed by atoms with van der Waals surface area (Å²) >= 11 is 0. The summed E-state index contributed by atoms with van der Waals surface area (Å²) in [5.74, 6) is 1.34. The van der Waals surface area contributed by atoms with E-state index >= 15 is 0 Å². The number of ketones is 1. The van der Waals surface area contributed by atoms with Gasteiger partial charge in [0.05, 0.1) is 35.0 Å². The smallest absolute Gasteiger partial charge is 0.170 e. The van der Waals surface area contributed by atoms with E-state index in [1.54, 1.807) is 6.20 Å². The Morgan fingerprint density at radius 3 is 2.68 bits per heavy atom. The van der Waals surface area contributed by atoms with E-state index < -0.39 is 7.04 Å². The molecular weight excluding hydrogens is 352 g/mol. The summed E-state index contributed by atoms with van der Waals surface area (Å²) in [6.07, 6.45) is 3.56. The van der Waals surface area contributed by atoms with E-state index in [1.165, 1.54) is 24.3 Å². The van der Waals surface area contributed by atoms with E-state index in [0.29, 0.717) is 11.4 Å². The zero-order valence-electron chi connectivity index (χ0n) is 18.5. The summed E-state index contributed by atoms with van der Waals surface area (Å²) < 4.78 is 28.2. The van der Waals surface area contributed by atoms with Gasteiger partial charge in [-0.25, -0.2) is 15.0 Å². The highest BCUT2D eigenvalue weighted by molar-refractivity contribution is 5.97. The van der Waals surface area contributed by atoms with Gasteiger partial charge >= 0.3 is 0 Å². The molecule has 140 valence electrons. The van der Waals surface area contributed by atoms with E-state index in [2.05, 4.69) is 15.0 Å². The Balaban J connectivity index is 1.55. The first-order chi connectivity index (χ1) is 14.7. The van der Waals surface area contributed by atoms with Crippen molar-refractivity contribution in [3.8, 4) is 17.0 Å². The average molecular weight is 375 g/mol. The zero-order valence-corrected chi connectivity index (χ0v) is 15.5. The molecule has 6 heteroatoms. The Labute approximate surface area is 167 Å². The van der Waals surface area contributed by atoms with Gasteiger partial charge < -0.3 is 9.30 Å². The molecule has 0 saturated heterocycles. The number of fused-ring (bicyclic) bond motifs is 1. The molecule has 0 saturated carbocycles. The number of ether oxygens (including phenoxy) is 1. The van der Waals surface area contributed by atoms with Crippen LogP contribution in [0.4, 0.5) is 0 Å². The molecule has 0 amide bonds. The Morgan fingerprint density at radius 1 is 1.14 bits per heavy atom. The van der Waals surface area contributed by atoms with Crippen molar-refractivity contribution < 1.29 is 13.6 Å². The van der Waals surface area contributed by atoms with Crippen LogP contribution >= 0.6 is 0 Å². The third kappa shape index (κ3) is 3.36. The number of imidazole rings is 1. The summed E-state index contributed by atoms with van der Waals surface area (Å²) in [5, 5.41) is 0.880. The van der Waals surface area contributed by atoms with Crippen molar-refractivity contribution in [1.82, 2.24) is 19.5 Å². The predicted molar refractivity (Wildman–Crippen MR) is 108 cm³/mol. The van der Waals surface area contributed by atoms with Crippen molar-refractivity contribution in [2.75, 3.05) is 7.04 Å². The van der Waals surface area contributed by atoms with E-state index in [-0.39, 0.29) is 18.0 Å². The fourth-order valence-electron chi connectivity index (χ4n) is 3.03. The fourth-order valence-corrected chi connectivity index (χ4v) is 3.03. The maximum Gasteiger partial charge on any atom is 0.170 e. The Kier molecular flexibility index (Phi) is 3.75. The third-order valence-corrected chi connectivity index (χ3v) is 4.76. The molecule has 0 bridgehead atoms. The van der Waals surface area contributed by atoms with E-state index in [0.717, 1.165) is 28.0 Å². The van der Waals surface area contributed by atoms with Crippen LogP contribution in [0.2, 0.25) is 0 Å². The molecule has 4 rings (SSSR count). The van der Waals surface area contributed by atoms with Crippen molar-refractivity contribution in [2.45, 2.75) is 13.3 Å². The van der Waals surface area contributed by atoms with Crippen molar-refractivity contribution in [1.29, 1.82) is 0 Å². The second-order valence-corrected chi connectivity index (χ2v) is 6.54. The summed E-state index contributed by atoms with van der Waals surface area (Å²) in [6.45, 7) is 1.94. The highest BCUT2D eigenvalue weighted by Gasteiger charge is 2.11. The number of benzene rings is 2. The van der Waals surface area contributed by atoms with Gasteiger partial charge in [-0.2, -0.15) is 0 Å². The standard InChI is InChI=1S/C22H20N4O2/c1-14-23-13-20(26(14)2)16-4-5-17-12-24-22(25-19(17)10-16)11-21(27)15-6-8-18(28-3)9-7-15/h4-10,12-13H,11H2,1-3H3/i3D3. The maximum atomic E-state index is 12.6. The number of hydrogen-bond donors (Lipinski definition) is 0. The largest absolute Gasteiger partial charge is 0.497 e. The summed E-state index contributed by atoms with van der Waals surface area (Å²) in [5.41, 5.74) is 3.14. The number of nitrogens with zero attached hydrogens (tertiary/aromatic N) is 4. The van der Waals surface area contributed by atoms with Crippen LogP contribution in [-0.2, 0) is 13.5 Å². The van der Waals surface area contributed by atoms with Crippen molar-refractivity contribution in [2.24, 2.45) is 7.05 Å². The van der Waals surface area contributed by atoms with E-state index in [9.17, 15) is 4.79 Å². The lowest BCUT2D eigenvalue weighted by atomic mass is 10.1. The summed E-state index contributed by atoms with van der Waals surface area (Å²) in [4.78, 5) is 25.9. The molecule has 0 aliphatic heterocycles. The monoisotopic (exact) mass is 375 g/mol. The van der Waals surface area contributed by atoms with Gasteiger partial charge in [-0.3, -0.25) is 4.79 Å². The summed E-state index contributed by atoms with van der Waals surface area (Å²) in [7, 11) is -0.572. The summed E-state index contributed by atoms with van der Waals surface area (Å²) in [6, 6.07) is 11.9. The molecule has 6 nitrogen and oxygen atoms in total.